The van der Waals surface area contributed by atoms with E-state index in [-0.39, 0.29) is 72.8 Å². The van der Waals surface area contributed by atoms with Crippen LogP contribution in [0.4, 0.5) is 0 Å². The molecule has 8 heterocycles. The molecule has 8 nitrogen and oxygen atoms in total. The normalized spacial score (nSPS) is 47.0. The molecular weight excluding hydrogens is 677 g/mol. The molecule has 2 aromatic rings. The van der Waals surface area contributed by atoms with E-state index >= 15 is 0 Å². The SMILES string of the molecule is C.CN1CC[C@]23c4c5ccc(O)c4O[C@H]2[C@@]2(C)C=C[C@@]3(C(C#N)S2)[C@H]1C5.CN1CC[C@]23c4c5ccc(O)c4O[C@H]2[C@@]2(C)C=C[C@@]3(SC2C#N)[C@H]1C5. The lowest BCUT2D eigenvalue weighted by Gasteiger charge is -2.70. The number of likely N-dealkylation sites (tertiary alicyclic amines) is 2. The molecule has 264 valence electrons. The summed E-state index contributed by atoms with van der Waals surface area (Å²) in [5.41, 5.74) is 4.16. The van der Waals surface area contributed by atoms with Gasteiger partial charge in [-0.3, -0.25) is 0 Å². The number of nitriles is 2. The molecule has 0 radical (unpaired) electrons. The van der Waals surface area contributed by atoms with Crippen molar-refractivity contribution in [2.24, 2.45) is 10.8 Å². The molecule has 0 saturated carbocycles. The fraction of sp³-hybridized carbons (Fsp3) is 0.561. The van der Waals surface area contributed by atoms with E-state index in [0.717, 1.165) is 38.8 Å². The third-order valence-electron chi connectivity index (χ3n) is 15.2. The number of nitrogens with zero attached hydrogens (tertiary/aromatic N) is 4. The largest absolute Gasteiger partial charge is 0.504 e. The standard InChI is InChI=1S/2C20H20N2O2S.CH4/c1-18-5-6-19(14(10-21)25-18)13-9-11-3-4-12(23)16-15(11)20(19,17(18)24-16)7-8-22(13)2;1-18-5-6-20(25-14(18)10-21)13-9-11-3-4-12(23)16-15(11)19(20,17(18)24-16)7-8-22(13)2;/h2*3-6,13-14,17,23H,7-9H2,1-2H3;1H4/t13-,14?,17+,18-,19+,20+;13-,14?,17+,18+,19+,20-;/m11./s1. The lowest BCUT2D eigenvalue weighted by Crippen LogP contribution is -2.78. The second-order valence-corrected chi connectivity index (χ2v) is 19.9. The number of likely N-dealkylation sites (N-methyl/N-ethyl adjacent to an activating group) is 2. The minimum absolute atomic E-state index is 0. The van der Waals surface area contributed by atoms with Crippen LogP contribution in [0.2, 0.25) is 0 Å². The minimum Gasteiger partial charge on any atom is -0.504 e. The van der Waals surface area contributed by atoms with E-state index in [1.54, 1.807) is 23.9 Å². The predicted molar refractivity (Wildman–Crippen MR) is 199 cm³/mol. The molecule has 4 spiro atoms. The molecule has 12 atom stereocenters. The Hall–Kier alpha value is -3.28. The van der Waals surface area contributed by atoms with Crippen LogP contribution in [-0.4, -0.2) is 91.5 Å². The number of hydrogen-bond acceptors (Lipinski definition) is 10. The average Bonchev–Trinajstić information content (AvgIpc) is 3.68. The zero-order valence-corrected chi connectivity index (χ0v) is 30.3. The van der Waals surface area contributed by atoms with Crippen LogP contribution in [0.1, 0.15) is 56.4 Å². The van der Waals surface area contributed by atoms with E-state index in [1.165, 1.54) is 22.3 Å². The van der Waals surface area contributed by atoms with Crippen molar-refractivity contribution in [2.45, 2.75) is 102 Å². The van der Waals surface area contributed by atoms with Crippen LogP contribution in [0.3, 0.4) is 0 Å². The zero-order chi connectivity index (χ0) is 34.4. The van der Waals surface area contributed by atoms with Gasteiger partial charge in [0, 0.05) is 34.0 Å². The smallest absolute Gasteiger partial charge is 0.165 e. The first kappa shape index (κ1) is 32.4. The summed E-state index contributed by atoms with van der Waals surface area (Å²) in [6.07, 6.45) is 13.1. The van der Waals surface area contributed by atoms with Crippen LogP contribution in [0.5, 0.6) is 23.0 Å². The van der Waals surface area contributed by atoms with Crippen molar-refractivity contribution < 1.29 is 19.7 Å². The fourth-order valence-electron chi connectivity index (χ4n) is 13.2. The number of fused-ring (bicyclic) bond motifs is 2. The van der Waals surface area contributed by atoms with Crippen LogP contribution in [0, 0.1) is 33.5 Å². The number of benzene rings is 2. The van der Waals surface area contributed by atoms with Gasteiger partial charge in [-0.1, -0.05) is 50.8 Å². The Morgan fingerprint density at radius 1 is 0.745 bits per heavy atom. The first-order valence-electron chi connectivity index (χ1n) is 18.0. The highest BCUT2D eigenvalue weighted by Crippen LogP contribution is 2.77. The molecule has 2 aromatic carbocycles. The van der Waals surface area contributed by atoms with Crippen molar-refractivity contribution in [1.29, 1.82) is 10.5 Å². The Kier molecular flexibility index (Phi) is 6.11. The van der Waals surface area contributed by atoms with Crippen LogP contribution < -0.4 is 9.47 Å². The molecule has 2 unspecified atom stereocenters. The predicted octanol–water partition coefficient (Wildman–Crippen LogP) is 5.85. The average molecular weight is 721 g/mol. The van der Waals surface area contributed by atoms with Gasteiger partial charge in [0.1, 0.15) is 22.7 Å². The van der Waals surface area contributed by atoms with Gasteiger partial charge >= 0.3 is 0 Å². The third-order valence-corrected chi connectivity index (χ3v) is 18.8. The Balaban J connectivity index is 0.000000126. The van der Waals surface area contributed by atoms with E-state index in [9.17, 15) is 20.7 Å². The van der Waals surface area contributed by atoms with Gasteiger partial charge in [-0.25, -0.2) is 0 Å². The molecule has 4 fully saturated rings. The number of aromatic hydroxyl groups is 2. The summed E-state index contributed by atoms with van der Waals surface area (Å²) < 4.78 is 12.7. The zero-order valence-electron chi connectivity index (χ0n) is 28.6. The van der Waals surface area contributed by atoms with Crippen molar-refractivity contribution in [2.75, 3.05) is 27.2 Å². The van der Waals surface area contributed by atoms with Crippen molar-refractivity contribution in [3.05, 3.63) is 70.8 Å². The summed E-state index contributed by atoms with van der Waals surface area (Å²) in [4.78, 5) is 4.91. The Bertz CT molecular complexity index is 2110. The first-order chi connectivity index (χ1) is 24.0. The van der Waals surface area contributed by atoms with Crippen molar-refractivity contribution in [1.82, 2.24) is 9.80 Å². The van der Waals surface area contributed by atoms with Gasteiger partial charge in [0.05, 0.1) is 32.5 Å². The Morgan fingerprint density at radius 3 is 2.00 bits per heavy atom. The Morgan fingerprint density at radius 2 is 1.33 bits per heavy atom. The summed E-state index contributed by atoms with van der Waals surface area (Å²) in [7, 11) is 4.40. The lowest BCUT2D eigenvalue weighted by molar-refractivity contribution is -0.0761. The topological polar surface area (TPSA) is 113 Å². The van der Waals surface area contributed by atoms with Crippen LogP contribution in [0.15, 0.2) is 48.6 Å². The van der Waals surface area contributed by atoms with Gasteiger partial charge in [-0.15, -0.1) is 23.5 Å². The highest BCUT2D eigenvalue weighted by atomic mass is 32.2. The van der Waals surface area contributed by atoms with E-state index in [0.29, 0.717) is 23.6 Å². The van der Waals surface area contributed by atoms with Gasteiger partial charge in [0.2, 0.25) is 0 Å². The van der Waals surface area contributed by atoms with Gasteiger partial charge in [-0.2, -0.15) is 10.5 Å². The second-order valence-electron chi connectivity index (χ2n) is 16.9. The number of ether oxygens (including phenoxy) is 2. The maximum atomic E-state index is 10.5. The summed E-state index contributed by atoms with van der Waals surface area (Å²) in [5, 5.41) is 40.8. The maximum absolute atomic E-state index is 10.5. The number of phenols is 2. The van der Waals surface area contributed by atoms with Gasteiger partial charge in [0.15, 0.2) is 23.0 Å². The molecule has 8 bridgehead atoms. The molecule has 0 amide bonds. The van der Waals surface area contributed by atoms with Crippen molar-refractivity contribution >= 4 is 23.5 Å². The molecule has 14 rings (SSSR count). The van der Waals surface area contributed by atoms with E-state index in [4.69, 9.17) is 9.47 Å². The number of rotatable bonds is 0. The molecule has 4 aliphatic carbocycles. The maximum Gasteiger partial charge on any atom is 0.165 e. The fourth-order valence-corrected chi connectivity index (χ4v) is 16.9. The minimum atomic E-state index is -0.332. The number of thioether (sulfide) groups is 2. The highest BCUT2D eigenvalue weighted by Gasteiger charge is 2.80. The van der Waals surface area contributed by atoms with Gasteiger partial charge in [0.25, 0.3) is 0 Å². The number of phenolic OH excluding ortho intramolecular Hbond substituents is 2. The molecule has 12 aliphatic rings. The Labute approximate surface area is 308 Å². The summed E-state index contributed by atoms with van der Waals surface area (Å²) in [6, 6.07) is 13.6. The van der Waals surface area contributed by atoms with E-state index in [1.807, 2.05) is 11.8 Å². The number of piperidine rings is 2. The summed E-state index contributed by atoms with van der Waals surface area (Å²) >= 11 is 3.61. The van der Waals surface area contributed by atoms with Crippen molar-refractivity contribution in [3.8, 4) is 35.1 Å². The summed E-state index contributed by atoms with van der Waals surface area (Å²) in [5.74, 6) is 1.86. The highest BCUT2D eigenvalue weighted by molar-refractivity contribution is 8.02. The summed E-state index contributed by atoms with van der Waals surface area (Å²) in [6.45, 7) is 6.40. The third kappa shape index (κ3) is 3.13. The van der Waals surface area contributed by atoms with Crippen LogP contribution >= 0.6 is 23.5 Å². The molecule has 51 heavy (non-hydrogen) atoms. The number of hydrogen-bond donors (Lipinski definition) is 2. The molecule has 2 N–H and O–H groups in total. The molecule has 8 aliphatic heterocycles. The quantitative estimate of drug-likeness (QED) is 0.322. The second kappa shape index (κ2) is 9.63. The van der Waals surface area contributed by atoms with E-state index < -0.39 is 0 Å². The molecular formula is C41H44N4O4S2. The van der Waals surface area contributed by atoms with Crippen LogP contribution in [0.25, 0.3) is 0 Å². The molecule has 0 aromatic heterocycles. The molecule has 10 heteroatoms. The molecule has 4 saturated heterocycles. The van der Waals surface area contributed by atoms with E-state index in [2.05, 4.69) is 86.3 Å². The van der Waals surface area contributed by atoms with Gasteiger partial charge in [-0.05, 0) is 83.1 Å². The van der Waals surface area contributed by atoms with Gasteiger partial charge < -0.3 is 29.5 Å². The lowest BCUT2D eigenvalue weighted by atomic mass is 9.43. The monoisotopic (exact) mass is 720 g/mol. The first-order valence-corrected chi connectivity index (χ1v) is 19.7. The van der Waals surface area contributed by atoms with Crippen molar-refractivity contribution in [3.63, 3.8) is 0 Å². The van der Waals surface area contributed by atoms with Crippen LogP contribution in [-0.2, 0) is 23.7 Å².